The maximum absolute atomic E-state index is 12.1. The topological polar surface area (TPSA) is 70.7 Å². The molecule has 1 heterocycles. The molecule has 5 nitrogen and oxygen atoms in total. The zero-order valence-corrected chi connectivity index (χ0v) is 12.3. The molecule has 0 spiro atoms. The summed E-state index contributed by atoms with van der Waals surface area (Å²) in [5.41, 5.74) is 3.45. The molecule has 2 N–H and O–H groups in total. The van der Waals surface area contributed by atoms with Gasteiger partial charge in [-0.05, 0) is 31.9 Å². The Hall–Kier alpha value is -2.17. The van der Waals surface area contributed by atoms with Crippen LogP contribution in [0, 0.1) is 13.8 Å². The number of aryl methyl sites for hydroxylation is 3. The van der Waals surface area contributed by atoms with E-state index in [-0.39, 0.29) is 17.8 Å². The monoisotopic (exact) mass is 272 g/mol. The number of aromatic nitrogens is 3. The van der Waals surface area contributed by atoms with Gasteiger partial charge in [-0.3, -0.25) is 9.89 Å². The molecular formula is C15H20N4O. The van der Waals surface area contributed by atoms with Crippen molar-refractivity contribution in [1.29, 1.82) is 0 Å². The third kappa shape index (κ3) is 3.04. The van der Waals surface area contributed by atoms with Crippen LogP contribution < -0.4 is 5.32 Å². The first-order valence-electron chi connectivity index (χ1n) is 6.80. The van der Waals surface area contributed by atoms with Crippen molar-refractivity contribution < 1.29 is 4.79 Å². The summed E-state index contributed by atoms with van der Waals surface area (Å²) in [7, 11) is 0. The second-order valence-electron chi connectivity index (χ2n) is 5.01. The number of H-pyrrole nitrogens is 1. The average molecular weight is 272 g/mol. The fourth-order valence-electron chi connectivity index (χ4n) is 2.12. The largest absolute Gasteiger partial charge is 0.343 e. The van der Waals surface area contributed by atoms with Crippen molar-refractivity contribution in [2.45, 2.75) is 40.2 Å². The van der Waals surface area contributed by atoms with Gasteiger partial charge in [0.1, 0.15) is 5.82 Å². The van der Waals surface area contributed by atoms with Crippen LogP contribution in [-0.2, 0) is 6.42 Å². The zero-order chi connectivity index (χ0) is 14.7. The minimum atomic E-state index is -0.255. The van der Waals surface area contributed by atoms with E-state index in [2.05, 4.69) is 38.7 Å². The van der Waals surface area contributed by atoms with Gasteiger partial charge < -0.3 is 5.32 Å². The van der Waals surface area contributed by atoms with Gasteiger partial charge in [-0.1, -0.05) is 30.7 Å². The van der Waals surface area contributed by atoms with Crippen LogP contribution in [0.5, 0.6) is 0 Å². The molecule has 5 heteroatoms. The number of nitrogens with zero attached hydrogens (tertiary/aromatic N) is 2. The van der Waals surface area contributed by atoms with E-state index >= 15 is 0 Å². The summed E-state index contributed by atoms with van der Waals surface area (Å²) in [6.45, 7) is 8.01. The summed E-state index contributed by atoms with van der Waals surface area (Å²) in [5, 5.41) is 9.61. The van der Waals surface area contributed by atoms with E-state index in [0.29, 0.717) is 0 Å². The Bertz CT molecular complexity index is 618. The van der Waals surface area contributed by atoms with Gasteiger partial charge in [-0.15, -0.1) is 5.10 Å². The highest BCUT2D eigenvalue weighted by Crippen LogP contribution is 2.19. The number of carbonyl (C=O) groups excluding carboxylic acids is 1. The number of amides is 1. The summed E-state index contributed by atoms with van der Waals surface area (Å²) in [6.07, 6.45) is 0.729. The maximum atomic E-state index is 12.1. The van der Waals surface area contributed by atoms with E-state index in [1.807, 2.05) is 27.7 Å². The Morgan fingerprint density at radius 2 is 2.15 bits per heavy atom. The van der Waals surface area contributed by atoms with E-state index in [1.54, 1.807) is 0 Å². The van der Waals surface area contributed by atoms with Crippen LogP contribution in [0.2, 0.25) is 0 Å². The molecule has 0 radical (unpaired) electrons. The van der Waals surface area contributed by atoms with Crippen molar-refractivity contribution in [2.75, 3.05) is 0 Å². The number of hydrogen-bond acceptors (Lipinski definition) is 3. The minimum absolute atomic E-state index is 0.0778. The standard InChI is InChI=1S/C15H20N4O/c1-5-13-17-14(19-18-13)15(20)16-11(4)12-8-9(2)6-7-10(12)3/h6-8,11H,5H2,1-4H3,(H,16,20)(H,17,18,19). The Morgan fingerprint density at radius 3 is 2.80 bits per heavy atom. The third-order valence-corrected chi connectivity index (χ3v) is 3.32. The van der Waals surface area contributed by atoms with Gasteiger partial charge in [0.25, 0.3) is 5.91 Å². The molecule has 1 aromatic carbocycles. The molecule has 1 atom stereocenters. The molecule has 0 bridgehead atoms. The van der Waals surface area contributed by atoms with E-state index < -0.39 is 0 Å². The Morgan fingerprint density at radius 1 is 1.40 bits per heavy atom. The maximum Gasteiger partial charge on any atom is 0.291 e. The molecule has 0 aliphatic heterocycles. The Balaban J connectivity index is 2.12. The molecule has 1 amide bonds. The average Bonchev–Trinajstić information content (AvgIpc) is 2.90. The number of benzene rings is 1. The zero-order valence-electron chi connectivity index (χ0n) is 12.3. The summed E-state index contributed by atoms with van der Waals surface area (Å²) in [6, 6.07) is 6.15. The smallest absolute Gasteiger partial charge is 0.291 e. The molecule has 0 fully saturated rings. The van der Waals surface area contributed by atoms with Crippen LogP contribution in [0.3, 0.4) is 0 Å². The van der Waals surface area contributed by atoms with Gasteiger partial charge in [0, 0.05) is 6.42 Å². The van der Waals surface area contributed by atoms with Gasteiger partial charge >= 0.3 is 0 Å². The number of carbonyl (C=O) groups is 1. The predicted molar refractivity (Wildman–Crippen MR) is 77.6 cm³/mol. The molecule has 2 rings (SSSR count). The van der Waals surface area contributed by atoms with Crippen molar-refractivity contribution in [3.05, 3.63) is 46.5 Å². The normalized spacial score (nSPS) is 12.2. The first kappa shape index (κ1) is 14.2. The summed E-state index contributed by atoms with van der Waals surface area (Å²) >= 11 is 0. The van der Waals surface area contributed by atoms with E-state index in [4.69, 9.17) is 0 Å². The first-order valence-corrected chi connectivity index (χ1v) is 6.80. The van der Waals surface area contributed by atoms with Crippen LogP contribution in [0.25, 0.3) is 0 Å². The van der Waals surface area contributed by atoms with Crippen molar-refractivity contribution >= 4 is 5.91 Å². The number of aromatic amines is 1. The molecule has 0 aliphatic carbocycles. The fourth-order valence-corrected chi connectivity index (χ4v) is 2.12. The lowest BCUT2D eigenvalue weighted by Crippen LogP contribution is -2.28. The van der Waals surface area contributed by atoms with Gasteiger partial charge in [-0.2, -0.15) is 0 Å². The molecule has 0 saturated carbocycles. The van der Waals surface area contributed by atoms with Crippen molar-refractivity contribution in [1.82, 2.24) is 20.5 Å². The first-order chi connectivity index (χ1) is 9.51. The second kappa shape index (κ2) is 5.86. The highest BCUT2D eigenvalue weighted by molar-refractivity contribution is 5.90. The van der Waals surface area contributed by atoms with Gasteiger partial charge in [0.2, 0.25) is 5.82 Å². The lowest BCUT2D eigenvalue weighted by molar-refractivity contribution is 0.0929. The van der Waals surface area contributed by atoms with Crippen LogP contribution in [-0.4, -0.2) is 21.1 Å². The molecule has 20 heavy (non-hydrogen) atoms. The van der Waals surface area contributed by atoms with Crippen LogP contribution in [0.1, 0.15) is 53.0 Å². The lowest BCUT2D eigenvalue weighted by atomic mass is 10.00. The van der Waals surface area contributed by atoms with Crippen molar-refractivity contribution in [2.24, 2.45) is 0 Å². The van der Waals surface area contributed by atoms with E-state index in [9.17, 15) is 4.79 Å². The highest BCUT2D eigenvalue weighted by atomic mass is 16.2. The van der Waals surface area contributed by atoms with E-state index in [0.717, 1.165) is 23.4 Å². The number of nitrogens with one attached hydrogen (secondary N) is 2. The van der Waals surface area contributed by atoms with Gasteiger partial charge in [0.05, 0.1) is 6.04 Å². The summed E-state index contributed by atoms with van der Waals surface area (Å²) in [4.78, 5) is 16.2. The van der Waals surface area contributed by atoms with E-state index in [1.165, 1.54) is 5.56 Å². The molecule has 106 valence electrons. The summed E-state index contributed by atoms with van der Waals surface area (Å²) in [5.74, 6) is 0.655. The number of rotatable bonds is 4. The number of hydrogen-bond donors (Lipinski definition) is 2. The van der Waals surface area contributed by atoms with Gasteiger partial charge in [-0.25, -0.2) is 4.98 Å². The SMILES string of the molecule is CCc1nc(C(=O)NC(C)c2cc(C)ccc2C)n[nH]1. The van der Waals surface area contributed by atoms with Gasteiger partial charge in [0.15, 0.2) is 0 Å². The molecule has 1 unspecified atom stereocenters. The Labute approximate surface area is 118 Å². The molecule has 2 aromatic rings. The third-order valence-electron chi connectivity index (χ3n) is 3.32. The fraction of sp³-hybridized carbons (Fsp3) is 0.400. The van der Waals surface area contributed by atoms with Crippen LogP contribution in [0.4, 0.5) is 0 Å². The summed E-state index contributed by atoms with van der Waals surface area (Å²) < 4.78 is 0. The predicted octanol–water partition coefficient (Wildman–Crippen LogP) is 2.47. The van der Waals surface area contributed by atoms with Crippen molar-refractivity contribution in [3.63, 3.8) is 0 Å². The van der Waals surface area contributed by atoms with Crippen LogP contribution >= 0.6 is 0 Å². The Kier molecular flexibility index (Phi) is 4.17. The minimum Gasteiger partial charge on any atom is -0.343 e. The van der Waals surface area contributed by atoms with Crippen LogP contribution in [0.15, 0.2) is 18.2 Å². The second-order valence-corrected chi connectivity index (χ2v) is 5.01. The molecule has 0 saturated heterocycles. The molecular weight excluding hydrogens is 252 g/mol. The lowest BCUT2D eigenvalue weighted by Gasteiger charge is -2.16. The molecule has 0 aliphatic rings. The highest BCUT2D eigenvalue weighted by Gasteiger charge is 2.16. The quantitative estimate of drug-likeness (QED) is 0.898. The molecule has 1 aromatic heterocycles. The van der Waals surface area contributed by atoms with Crippen molar-refractivity contribution in [3.8, 4) is 0 Å².